The van der Waals surface area contributed by atoms with Gasteiger partial charge in [0, 0.05) is 0 Å². The predicted octanol–water partition coefficient (Wildman–Crippen LogP) is 3.59. The number of fused-ring (bicyclic) bond motifs is 2. The van der Waals surface area contributed by atoms with Crippen molar-refractivity contribution in [3.05, 3.63) is 60.7 Å². The van der Waals surface area contributed by atoms with Gasteiger partial charge in [-0.15, -0.1) is 24.3 Å². The summed E-state index contributed by atoms with van der Waals surface area (Å²) in [7, 11) is 0. The second-order valence-electron chi connectivity index (χ2n) is 3.34. The molecule has 0 unspecified atom stereocenters. The van der Waals surface area contributed by atoms with Crippen LogP contribution in [-0.2, 0) is 0 Å². The van der Waals surface area contributed by atoms with Crippen molar-refractivity contribution in [2.75, 3.05) is 0 Å². The molecule has 0 fully saturated rings. The zero-order valence-electron chi connectivity index (χ0n) is 9.03. The van der Waals surface area contributed by atoms with Gasteiger partial charge < -0.3 is 0 Å². The van der Waals surface area contributed by atoms with Crippen LogP contribution < -0.4 is 0 Å². The summed E-state index contributed by atoms with van der Waals surface area (Å²) < 4.78 is 0. The first kappa shape index (κ1) is 10.3. The molecule has 0 nitrogen and oxygen atoms in total. The fourth-order valence-electron chi connectivity index (χ4n) is 1.69. The van der Waals surface area contributed by atoms with Crippen LogP contribution in [0, 0.1) is 12.1 Å². The molecule has 3 rings (SSSR count). The first-order chi connectivity index (χ1) is 6.93. The Bertz CT molecular complexity index is 497. The smallest absolute Gasteiger partial charge is 0 e. The number of hydrogen-bond donors (Lipinski definition) is 0. The Morgan fingerprint density at radius 3 is 1.00 bits per heavy atom. The van der Waals surface area contributed by atoms with E-state index in [1.807, 2.05) is 24.3 Å². The van der Waals surface area contributed by atoms with E-state index < -0.39 is 0 Å². The molecule has 0 atom stereocenters. The Morgan fingerprint density at radius 1 is 0.500 bits per heavy atom. The van der Waals surface area contributed by atoms with E-state index >= 15 is 0 Å². The fraction of sp³-hybridized carbons (Fsp3) is 0. The van der Waals surface area contributed by atoms with Crippen molar-refractivity contribution in [3.63, 3.8) is 0 Å². The largest absolute Gasteiger partial charge is 0.199 e. The number of rotatable bonds is 0. The maximum atomic E-state index is 3.38. The normalized spacial score (nSPS) is 9.50. The van der Waals surface area contributed by atoms with Crippen molar-refractivity contribution < 1.29 is 0 Å². The summed E-state index contributed by atoms with van der Waals surface area (Å²) in [5.41, 5.74) is 0. The van der Waals surface area contributed by atoms with E-state index in [9.17, 15) is 0 Å². The third-order valence-electron chi connectivity index (χ3n) is 2.39. The van der Waals surface area contributed by atoms with Crippen LogP contribution in [0.3, 0.4) is 0 Å². The minimum atomic E-state index is 0. The molecule has 3 aromatic carbocycles. The second-order valence-corrected chi connectivity index (χ2v) is 3.34. The van der Waals surface area contributed by atoms with Gasteiger partial charge in [0.25, 0.3) is 0 Å². The molecular formula is C14H8Rf2-2. The molecule has 0 saturated heterocycles. The Kier molecular flexibility index (Phi) is 2.25. The molecule has 0 aromatic heterocycles. The average molecular weight is 710 g/mol. The molecule has 0 aliphatic heterocycles. The van der Waals surface area contributed by atoms with Crippen LogP contribution >= 0.6 is 0 Å². The first-order valence-electron chi connectivity index (χ1n) is 4.65. The summed E-state index contributed by atoms with van der Waals surface area (Å²) >= 11 is 0. The van der Waals surface area contributed by atoms with Gasteiger partial charge in [-0.05, 0) is 0 Å². The van der Waals surface area contributed by atoms with Gasteiger partial charge in [-0.1, -0.05) is 0 Å². The van der Waals surface area contributed by atoms with E-state index in [1.165, 1.54) is 0 Å². The van der Waals surface area contributed by atoms with E-state index in [1.54, 1.807) is 0 Å². The summed E-state index contributed by atoms with van der Waals surface area (Å²) in [5, 5.41) is 4.52. The molecule has 0 amide bonds. The molecule has 0 heterocycles. The average Bonchev–Trinajstić information content (AvgIpc) is 2.26. The van der Waals surface area contributed by atoms with Crippen LogP contribution in [0.4, 0.5) is 0 Å². The van der Waals surface area contributed by atoms with E-state index in [4.69, 9.17) is 0 Å². The van der Waals surface area contributed by atoms with Gasteiger partial charge in [-0.3, -0.25) is 0 Å². The molecule has 16 heavy (non-hydrogen) atoms. The molecule has 0 bridgehead atoms. The standard InChI is InChI=1S/C14H8.2Rf/c1-2-6-12-10-14-8-4-3-7-13(14)9-11(12)5-1;;/h1-8H;;/q-2;;. The molecule has 2 heteroatoms. The minimum Gasteiger partial charge on any atom is -0.199 e. The van der Waals surface area contributed by atoms with Crippen LogP contribution in [0.15, 0.2) is 48.5 Å². The first-order valence-corrected chi connectivity index (χ1v) is 4.65. The summed E-state index contributed by atoms with van der Waals surface area (Å²) in [5.74, 6) is 0. The third kappa shape index (κ3) is 1.25. The van der Waals surface area contributed by atoms with Crippen molar-refractivity contribution in [3.8, 4) is 0 Å². The number of hydrogen-bond acceptors (Lipinski definition) is 0. The summed E-state index contributed by atoms with van der Waals surface area (Å²) in [4.78, 5) is 0. The fourth-order valence-corrected chi connectivity index (χ4v) is 1.69. The second kappa shape index (κ2) is 3.51. The van der Waals surface area contributed by atoms with E-state index in [0.717, 1.165) is 21.5 Å². The SMILES string of the molecule is [Rf].[Rf].[c-]1c2ccccc2[c-]c2ccccc12. The Balaban J connectivity index is 0.000000640. The van der Waals surface area contributed by atoms with Crippen molar-refractivity contribution >= 4 is 21.5 Å². The maximum Gasteiger partial charge on any atom is 0 e. The maximum absolute atomic E-state index is 3.38. The topological polar surface area (TPSA) is 0 Å². The summed E-state index contributed by atoms with van der Waals surface area (Å²) in [6, 6.07) is 23.1. The van der Waals surface area contributed by atoms with E-state index in [2.05, 4.69) is 36.4 Å². The van der Waals surface area contributed by atoms with Gasteiger partial charge in [-0.2, -0.15) is 57.9 Å². The van der Waals surface area contributed by atoms with Gasteiger partial charge in [0.15, 0.2) is 0 Å². The molecule has 70 valence electrons. The van der Waals surface area contributed by atoms with Crippen LogP contribution in [0.1, 0.15) is 0 Å². The van der Waals surface area contributed by atoms with Gasteiger partial charge in [0.2, 0.25) is 0 Å². The number of benzene rings is 3. The molecule has 0 spiro atoms. The van der Waals surface area contributed by atoms with Gasteiger partial charge >= 0.3 is 0 Å². The van der Waals surface area contributed by atoms with Crippen LogP contribution in [-0.4, -0.2) is 0 Å². The Labute approximate surface area is 82.8 Å². The van der Waals surface area contributed by atoms with Gasteiger partial charge in [-0.25, -0.2) is 0 Å². The minimum absolute atomic E-state index is 0. The Morgan fingerprint density at radius 2 is 0.750 bits per heavy atom. The predicted molar refractivity (Wildman–Crippen MR) is 59.1 cm³/mol. The monoisotopic (exact) mass is 710 g/mol. The zero-order chi connectivity index (χ0) is 9.38. The zero-order valence-corrected chi connectivity index (χ0v) is 21.8. The molecule has 3 aromatic rings. The van der Waals surface area contributed by atoms with Crippen molar-refractivity contribution in [2.45, 2.75) is 0 Å². The van der Waals surface area contributed by atoms with Crippen molar-refractivity contribution in [1.82, 2.24) is 0 Å². The molecule has 0 saturated carbocycles. The van der Waals surface area contributed by atoms with Crippen LogP contribution in [0.5, 0.6) is 0 Å². The summed E-state index contributed by atoms with van der Waals surface area (Å²) in [6.45, 7) is 0. The van der Waals surface area contributed by atoms with E-state index in [0.29, 0.717) is 0 Å². The van der Waals surface area contributed by atoms with Gasteiger partial charge in [0.1, 0.15) is 0 Å². The van der Waals surface area contributed by atoms with Crippen LogP contribution in [0.2, 0.25) is 0 Å². The van der Waals surface area contributed by atoms with E-state index in [-0.39, 0.29) is 0 Å². The molecule has 0 N–H and O–H groups in total. The summed E-state index contributed by atoms with van der Waals surface area (Å²) in [6.07, 6.45) is 0. The Hall–Kier alpha value is -3.82. The van der Waals surface area contributed by atoms with Gasteiger partial charge in [0.05, 0.1) is 0 Å². The molecular weight excluding hydrogens is 702 g/mol. The molecule has 0 aliphatic rings. The quantitative estimate of drug-likeness (QED) is 0.248. The third-order valence-corrected chi connectivity index (χ3v) is 2.39. The molecule has 0 radical (unpaired) electrons. The molecule has 0 aliphatic carbocycles. The van der Waals surface area contributed by atoms with Crippen molar-refractivity contribution in [1.29, 1.82) is 0 Å². The van der Waals surface area contributed by atoms with Crippen molar-refractivity contribution in [2.24, 2.45) is 0 Å². The van der Waals surface area contributed by atoms with Crippen LogP contribution in [0.25, 0.3) is 21.5 Å².